The quantitative estimate of drug-likeness (QED) is 0.193. The highest BCUT2D eigenvalue weighted by Gasteiger charge is 2.02. The summed E-state index contributed by atoms with van der Waals surface area (Å²) in [5.41, 5.74) is 2.29. The molecule has 4 N–H and O–H groups in total. The molecule has 0 saturated carbocycles. The molecule has 0 saturated heterocycles. The minimum atomic E-state index is 0.0207. The second-order valence-corrected chi connectivity index (χ2v) is 8.05. The molecule has 0 aliphatic rings. The molecule has 0 heterocycles. The Hall–Kier alpha value is -2.14. The van der Waals surface area contributed by atoms with E-state index in [2.05, 4.69) is 16.0 Å². The summed E-state index contributed by atoms with van der Waals surface area (Å²) in [6.07, 6.45) is 13.0. The highest BCUT2D eigenvalue weighted by atomic mass is 16.3. The van der Waals surface area contributed by atoms with Gasteiger partial charge in [0.25, 0.3) is 0 Å². The van der Waals surface area contributed by atoms with Crippen LogP contribution in [-0.4, -0.2) is 37.1 Å². The molecule has 6 heteroatoms. The lowest BCUT2D eigenvalue weighted by Gasteiger charge is -2.08. The van der Waals surface area contributed by atoms with Crippen LogP contribution in [0, 0.1) is 0 Å². The van der Waals surface area contributed by atoms with Gasteiger partial charge in [0.2, 0.25) is 5.91 Å². The summed E-state index contributed by atoms with van der Waals surface area (Å²) < 4.78 is 0. The fourth-order valence-electron chi connectivity index (χ4n) is 3.42. The monoisotopic (exact) mass is 431 g/mol. The minimum absolute atomic E-state index is 0.0207. The average molecular weight is 432 g/mol. The number of aliphatic hydroxyl groups is 1. The topological polar surface area (TPSA) is 90.5 Å². The van der Waals surface area contributed by atoms with Crippen molar-refractivity contribution in [2.75, 3.05) is 25.5 Å². The largest absolute Gasteiger partial charge is 0.392 e. The van der Waals surface area contributed by atoms with Gasteiger partial charge in [-0.1, -0.05) is 63.5 Å². The molecule has 0 spiro atoms. The van der Waals surface area contributed by atoms with Crippen LogP contribution in [-0.2, 0) is 16.2 Å². The van der Waals surface area contributed by atoms with Gasteiger partial charge in [0.1, 0.15) is 11.6 Å². The van der Waals surface area contributed by atoms with Crippen LogP contribution < -0.4 is 16.0 Å². The summed E-state index contributed by atoms with van der Waals surface area (Å²) in [5.74, 6) is 2.18. The van der Waals surface area contributed by atoms with Crippen molar-refractivity contribution >= 4 is 17.5 Å². The number of hydrogen-bond acceptors (Lipinski definition) is 5. The molecule has 1 aromatic carbocycles. The van der Waals surface area contributed by atoms with E-state index in [-0.39, 0.29) is 12.5 Å². The fourth-order valence-corrected chi connectivity index (χ4v) is 3.42. The Morgan fingerprint density at radius 2 is 1.39 bits per heavy atom. The van der Waals surface area contributed by atoms with Crippen LogP contribution >= 0.6 is 0 Å². The third-order valence-corrected chi connectivity index (χ3v) is 5.33. The number of unbranched alkanes of at least 4 members (excludes halogenated alkanes) is 9. The van der Waals surface area contributed by atoms with Gasteiger partial charge < -0.3 is 21.1 Å². The van der Waals surface area contributed by atoms with E-state index >= 15 is 0 Å². The number of anilines is 1. The van der Waals surface area contributed by atoms with E-state index < -0.39 is 0 Å². The predicted molar refractivity (Wildman–Crippen MR) is 128 cm³/mol. The van der Waals surface area contributed by atoms with Crippen molar-refractivity contribution in [3.05, 3.63) is 35.5 Å². The summed E-state index contributed by atoms with van der Waals surface area (Å²) in [5, 5.41) is 18.1. The molecule has 0 bridgehead atoms. The molecule has 1 amide bonds. The second-order valence-electron chi connectivity index (χ2n) is 8.05. The first-order valence-corrected chi connectivity index (χ1v) is 11.8. The fraction of sp³-hybridized carbons (Fsp3) is 0.640. The zero-order valence-electron chi connectivity index (χ0n) is 19.2. The second kappa shape index (κ2) is 18.6. The number of nitrogens with one attached hydrogen (secondary N) is 3. The smallest absolute Gasteiger partial charge is 0.220 e. The van der Waals surface area contributed by atoms with Crippen molar-refractivity contribution in [2.45, 2.75) is 83.7 Å². The van der Waals surface area contributed by atoms with E-state index in [9.17, 15) is 9.59 Å². The average Bonchev–Trinajstić information content (AvgIpc) is 2.79. The number of hydrogen-bond donors (Lipinski definition) is 4. The van der Waals surface area contributed by atoms with Crippen LogP contribution in [0.25, 0.3) is 0 Å². The summed E-state index contributed by atoms with van der Waals surface area (Å²) >= 11 is 0. The van der Waals surface area contributed by atoms with Crippen LogP contribution in [0.15, 0.2) is 30.0 Å². The normalized spacial score (nSPS) is 10.5. The Balaban J connectivity index is 1.93. The lowest BCUT2D eigenvalue weighted by molar-refractivity contribution is -0.121. The van der Waals surface area contributed by atoms with Gasteiger partial charge in [0.15, 0.2) is 0 Å². The first-order valence-electron chi connectivity index (χ1n) is 11.8. The SMILES string of the molecule is CNCCNC(=O)CCCCCCCCCCCCC(=C=O)Nc1ccc(CO)cc1. The van der Waals surface area contributed by atoms with Crippen LogP contribution in [0.2, 0.25) is 0 Å². The molecule has 0 aliphatic heterocycles. The molecule has 0 fully saturated rings. The van der Waals surface area contributed by atoms with Gasteiger partial charge in [-0.05, 0) is 44.0 Å². The number of allylic oxidation sites excluding steroid dienone is 1. The van der Waals surface area contributed by atoms with Gasteiger partial charge in [-0.3, -0.25) is 4.79 Å². The maximum atomic E-state index is 11.6. The number of carbonyl (C=O) groups is 1. The lowest BCUT2D eigenvalue weighted by Crippen LogP contribution is -2.30. The van der Waals surface area contributed by atoms with Gasteiger partial charge in [-0.2, -0.15) is 0 Å². The van der Waals surface area contributed by atoms with Crippen molar-refractivity contribution in [2.24, 2.45) is 0 Å². The molecular weight excluding hydrogens is 390 g/mol. The molecule has 0 radical (unpaired) electrons. The van der Waals surface area contributed by atoms with Crippen molar-refractivity contribution < 1.29 is 14.7 Å². The van der Waals surface area contributed by atoms with Gasteiger partial charge in [-0.25, -0.2) is 4.79 Å². The number of carbonyl (C=O) groups excluding carboxylic acids is 2. The van der Waals surface area contributed by atoms with Crippen molar-refractivity contribution in [3.63, 3.8) is 0 Å². The lowest BCUT2D eigenvalue weighted by atomic mass is 10.0. The van der Waals surface area contributed by atoms with E-state index in [1.807, 2.05) is 37.3 Å². The number of amides is 1. The summed E-state index contributed by atoms with van der Waals surface area (Å²) in [4.78, 5) is 22.7. The molecule has 1 rings (SSSR count). The van der Waals surface area contributed by atoms with Gasteiger partial charge in [0, 0.05) is 25.2 Å². The molecule has 31 heavy (non-hydrogen) atoms. The number of likely N-dealkylation sites (N-methyl/N-ethyl adjacent to an activating group) is 1. The summed E-state index contributed by atoms with van der Waals surface area (Å²) in [7, 11) is 1.88. The number of aliphatic hydroxyl groups excluding tert-OH is 1. The van der Waals surface area contributed by atoms with Crippen molar-refractivity contribution in [1.82, 2.24) is 10.6 Å². The zero-order chi connectivity index (χ0) is 22.6. The van der Waals surface area contributed by atoms with Crippen molar-refractivity contribution in [3.8, 4) is 0 Å². The standard InChI is InChI=1S/C25H41N3O3/c1-26-18-19-27-25(31)13-11-9-7-5-3-2-4-6-8-10-12-24(21-30)28-23-16-14-22(20-29)15-17-23/h14-17,26,28-29H,2-13,18-20H2,1H3,(H,27,31). The highest BCUT2D eigenvalue weighted by molar-refractivity contribution is 5.75. The van der Waals surface area contributed by atoms with E-state index in [0.717, 1.165) is 43.5 Å². The maximum absolute atomic E-state index is 11.6. The Morgan fingerprint density at radius 3 is 1.90 bits per heavy atom. The van der Waals surface area contributed by atoms with E-state index in [0.29, 0.717) is 25.1 Å². The highest BCUT2D eigenvalue weighted by Crippen LogP contribution is 2.16. The third-order valence-electron chi connectivity index (χ3n) is 5.33. The molecule has 174 valence electrons. The molecule has 0 atom stereocenters. The summed E-state index contributed by atoms with van der Waals surface area (Å²) in [6, 6.07) is 7.41. The Bertz CT molecular complexity index is 640. The van der Waals surface area contributed by atoms with E-state index in [4.69, 9.17) is 5.11 Å². The van der Waals surface area contributed by atoms with Gasteiger partial charge in [0.05, 0.1) is 6.61 Å². The number of rotatable bonds is 19. The van der Waals surface area contributed by atoms with Crippen LogP contribution in [0.3, 0.4) is 0 Å². The molecular formula is C25H41N3O3. The van der Waals surface area contributed by atoms with Crippen LogP contribution in [0.4, 0.5) is 5.69 Å². The third kappa shape index (κ3) is 14.5. The zero-order valence-corrected chi connectivity index (χ0v) is 19.2. The molecule has 1 aromatic rings. The molecule has 6 nitrogen and oxygen atoms in total. The van der Waals surface area contributed by atoms with Crippen LogP contribution in [0.1, 0.15) is 82.6 Å². The van der Waals surface area contributed by atoms with Crippen LogP contribution in [0.5, 0.6) is 0 Å². The Labute approximate surface area is 187 Å². The van der Waals surface area contributed by atoms with Gasteiger partial charge in [-0.15, -0.1) is 0 Å². The summed E-state index contributed by atoms with van der Waals surface area (Å²) in [6.45, 7) is 1.54. The molecule has 0 aliphatic carbocycles. The molecule has 0 aromatic heterocycles. The molecule has 0 unspecified atom stereocenters. The van der Waals surface area contributed by atoms with E-state index in [1.165, 1.54) is 38.5 Å². The number of benzene rings is 1. The van der Waals surface area contributed by atoms with Gasteiger partial charge >= 0.3 is 0 Å². The minimum Gasteiger partial charge on any atom is -0.392 e. The van der Waals surface area contributed by atoms with Crippen molar-refractivity contribution in [1.29, 1.82) is 0 Å². The predicted octanol–water partition coefficient (Wildman–Crippen LogP) is 4.32. The first kappa shape index (κ1) is 26.9. The maximum Gasteiger partial charge on any atom is 0.220 e. The first-order chi connectivity index (χ1) is 15.2. The Kier molecular flexibility index (Phi) is 16.1. The van der Waals surface area contributed by atoms with E-state index in [1.54, 1.807) is 0 Å². The Morgan fingerprint density at radius 1 is 0.839 bits per heavy atom.